The monoisotopic (exact) mass is 507 g/mol. The van der Waals surface area contributed by atoms with Gasteiger partial charge < -0.3 is 19.3 Å². The number of hydrogen-bond acceptors (Lipinski definition) is 8. The van der Waals surface area contributed by atoms with Crippen LogP contribution in [0.15, 0.2) is 36.4 Å². The quantitative estimate of drug-likeness (QED) is 0.409. The van der Waals surface area contributed by atoms with Crippen molar-refractivity contribution in [2.24, 2.45) is 0 Å². The molecule has 0 N–H and O–H groups in total. The smallest absolute Gasteiger partial charge is 0.338 e. The van der Waals surface area contributed by atoms with Gasteiger partial charge in [0.2, 0.25) is 5.91 Å². The average molecular weight is 508 g/mol. The predicted octanol–water partition coefficient (Wildman–Crippen LogP) is 2.84. The van der Waals surface area contributed by atoms with Crippen molar-refractivity contribution in [3.05, 3.63) is 42.0 Å². The summed E-state index contributed by atoms with van der Waals surface area (Å²) in [4.78, 5) is 18.5. The first kappa shape index (κ1) is 25.3. The number of methoxy groups -OCH3 is 1. The van der Waals surface area contributed by atoms with E-state index >= 15 is 0 Å². The lowest BCUT2D eigenvalue weighted by molar-refractivity contribution is -0.139. The molecule has 2 aliphatic rings. The lowest BCUT2D eigenvalue weighted by Gasteiger charge is -2.37. The fraction of sp³-hybridized carbons (Fsp3) is 0.556. The standard InChI is InChI=1S/C27H37N7O3/c1-20-26(35)31(2)17-18-32(20)14-4-5-19-37-23-8-6-21(7-9-23)22-12-15-33(16-13-22)25-11-10-24-28-29-27(36-3)34(24)30-25/h6-11,20,22H,4-5,12-19H2,1-3H3/t20-/m1/s1. The van der Waals surface area contributed by atoms with E-state index in [0.717, 1.165) is 70.0 Å². The summed E-state index contributed by atoms with van der Waals surface area (Å²) in [6, 6.07) is 12.9. The van der Waals surface area contributed by atoms with Crippen molar-refractivity contribution in [3.8, 4) is 11.8 Å². The molecule has 1 aromatic carbocycles. The van der Waals surface area contributed by atoms with Crippen LogP contribution in [0.4, 0.5) is 5.82 Å². The van der Waals surface area contributed by atoms with Gasteiger partial charge in [-0.3, -0.25) is 9.69 Å². The van der Waals surface area contributed by atoms with Crippen LogP contribution in [0.5, 0.6) is 11.8 Å². The Morgan fingerprint density at radius 1 is 0.973 bits per heavy atom. The largest absolute Gasteiger partial charge is 0.494 e. The number of piperazine rings is 1. The van der Waals surface area contributed by atoms with Gasteiger partial charge in [0.1, 0.15) is 11.6 Å². The van der Waals surface area contributed by atoms with Crippen LogP contribution in [0.25, 0.3) is 5.65 Å². The minimum atomic E-state index is -0.0171. The Bertz CT molecular complexity index is 1190. The number of likely N-dealkylation sites (N-methyl/N-ethyl adjacent to an activating group) is 1. The molecule has 2 aliphatic heterocycles. The fourth-order valence-electron chi connectivity index (χ4n) is 5.30. The zero-order valence-electron chi connectivity index (χ0n) is 22.0. The van der Waals surface area contributed by atoms with Gasteiger partial charge in [0, 0.05) is 33.2 Å². The van der Waals surface area contributed by atoms with Crippen LogP contribution >= 0.6 is 0 Å². The van der Waals surface area contributed by atoms with Gasteiger partial charge in [0.15, 0.2) is 5.65 Å². The fourth-order valence-corrected chi connectivity index (χ4v) is 5.30. The Balaban J connectivity index is 1.05. The number of carbonyl (C=O) groups is 1. The molecule has 198 valence electrons. The third-order valence-corrected chi connectivity index (χ3v) is 7.69. The zero-order valence-corrected chi connectivity index (χ0v) is 22.0. The van der Waals surface area contributed by atoms with E-state index in [4.69, 9.17) is 9.47 Å². The molecule has 1 amide bonds. The molecule has 2 saturated heterocycles. The molecule has 4 heterocycles. The number of unbranched alkanes of at least 4 members (excludes halogenated alkanes) is 1. The third kappa shape index (κ3) is 5.64. The maximum absolute atomic E-state index is 12.1. The Kier molecular flexibility index (Phi) is 7.73. The van der Waals surface area contributed by atoms with E-state index < -0.39 is 0 Å². The number of ether oxygens (including phenoxy) is 2. The molecule has 10 nitrogen and oxygen atoms in total. The molecule has 10 heteroatoms. The Morgan fingerprint density at radius 3 is 2.51 bits per heavy atom. The second-order valence-electron chi connectivity index (χ2n) is 10.0. The van der Waals surface area contributed by atoms with Gasteiger partial charge in [-0.25, -0.2) is 0 Å². The van der Waals surface area contributed by atoms with Crippen LogP contribution in [0.2, 0.25) is 0 Å². The number of fused-ring (bicyclic) bond motifs is 1. The van der Waals surface area contributed by atoms with Crippen LogP contribution < -0.4 is 14.4 Å². The third-order valence-electron chi connectivity index (χ3n) is 7.69. The van der Waals surface area contributed by atoms with Gasteiger partial charge in [-0.05, 0) is 74.9 Å². The number of benzene rings is 1. The highest BCUT2D eigenvalue weighted by molar-refractivity contribution is 5.81. The number of aromatic nitrogens is 4. The van der Waals surface area contributed by atoms with Crippen LogP contribution in [0.3, 0.4) is 0 Å². The normalized spacial score (nSPS) is 19.5. The molecule has 3 aromatic rings. The number of hydrogen-bond donors (Lipinski definition) is 0. The van der Waals surface area contributed by atoms with E-state index in [-0.39, 0.29) is 11.9 Å². The highest BCUT2D eigenvalue weighted by Crippen LogP contribution is 2.31. The highest BCUT2D eigenvalue weighted by Gasteiger charge is 2.28. The molecule has 0 aliphatic carbocycles. The van der Waals surface area contributed by atoms with Crippen molar-refractivity contribution < 1.29 is 14.3 Å². The Labute approximate surface area is 218 Å². The molecule has 1 atom stereocenters. The summed E-state index contributed by atoms with van der Waals surface area (Å²) < 4.78 is 12.9. The second kappa shape index (κ2) is 11.3. The van der Waals surface area contributed by atoms with Gasteiger partial charge in [0.05, 0.1) is 19.8 Å². The Morgan fingerprint density at radius 2 is 1.76 bits per heavy atom. The van der Waals surface area contributed by atoms with Gasteiger partial charge in [-0.1, -0.05) is 17.2 Å². The maximum atomic E-state index is 12.1. The summed E-state index contributed by atoms with van der Waals surface area (Å²) in [5.74, 6) is 2.59. The molecule has 0 radical (unpaired) electrons. The molecule has 0 spiro atoms. The van der Waals surface area contributed by atoms with Crippen molar-refractivity contribution in [2.75, 3.05) is 58.4 Å². The summed E-state index contributed by atoms with van der Waals surface area (Å²) >= 11 is 0. The second-order valence-corrected chi connectivity index (χ2v) is 10.0. The minimum absolute atomic E-state index is 0.0171. The lowest BCUT2D eigenvalue weighted by Crippen LogP contribution is -2.54. The average Bonchev–Trinajstić information content (AvgIpc) is 3.35. The van der Waals surface area contributed by atoms with E-state index in [1.54, 1.807) is 11.6 Å². The molecule has 0 bridgehead atoms. The van der Waals surface area contributed by atoms with Crippen LogP contribution in [0.1, 0.15) is 44.1 Å². The van der Waals surface area contributed by atoms with Crippen LogP contribution in [-0.4, -0.2) is 95.0 Å². The van der Waals surface area contributed by atoms with Crippen molar-refractivity contribution >= 4 is 17.4 Å². The number of carbonyl (C=O) groups excluding carboxylic acids is 1. The van der Waals surface area contributed by atoms with E-state index in [9.17, 15) is 4.79 Å². The summed E-state index contributed by atoms with van der Waals surface area (Å²) in [6.45, 7) is 7.31. The van der Waals surface area contributed by atoms with E-state index in [1.807, 2.05) is 31.0 Å². The number of rotatable bonds is 9. The number of piperidine rings is 1. The first-order valence-electron chi connectivity index (χ1n) is 13.3. The van der Waals surface area contributed by atoms with Gasteiger partial charge in [-0.2, -0.15) is 4.52 Å². The molecule has 2 aromatic heterocycles. The van der Waals surface area contributed by atoms with E-state index in [0.29, 0.717) is 24.2 Å². The summed E-state index contributed by atoms with van der Waals surface area (Å²) in [6.07, 6.45) is 4.16. The predicted molar refractivity (Wildman–Crippen MR) is 141 cm³/mol. The molecular weight excluding hydrogens is 470 g/mol. The molecule has 2 fully saturated rings. The van der Waals surface area contributed by atoms with Crippen molar-refractivity contribution in [3.63, 3.8) is 0 Å². The van der Waals surface area contributed by atoms with Crippen molar-refractivity contribution in [1.82, 2.24) is 29.6 Å². The maximum Gasteiger partial charge on any atom is 0.338 e. The van der Waals surface area contributed by atoms with Crippen LogP contribution in [-0.2, 0) is 4.79 Å². The summed E-state index contributed by atoms with van der Waals surface area (Å²) in [5.41, 5.74) is 2.04. The van der Waals surface area contributed by atoms with E-state index in [1.165, 1.54) is 5.56 Å². The first-order valence-corrected chi connectivity index (χ1v) is 13.3. The molecule has 0 saturated carbocycles. The van der Waals surface area contributed by atoms with Crippen molar-refractivity contribution in [1.29, 1.82) is 0 Å². The SMILES string of the molecule is COc1nnc2ccc(N3CCC(c4ccc(OCCCCN5CCN(C)C(=O)[C@H]5C)cc4)CC3)nn12. The van der Waals surface area contributed by atoms with Gasteiger partial charge in [-0.15, -0.1) is 10.2 Å². The molecule has 5 rings (SSSR count). The number of amides is 1. The molecular formula is C27H37N7O3. The zero-order chi connectivity index (χ0) is 25.8. The number of anilines is 1. The van der Waals surface area contributed by atoms with Crippen molar-refractivity contribution in [2.45, 2.75) is 44.6 Å². The summed E-state index contributed by atoms with van der Waals surface area (Å²) in [5, 5.41) is 12.7. The number of nitrogens with zero attached hydrogens (tertiary/aromatic N) is 7. The van der Waals surface area contributed by atoms with E-state index in [2.05, 4.69) is 49.4 Å². The molecule has 37 heavy (non-hydrogen) atoms. The molecule has 0 unspecified atom stereocenters. The minimum Gasteiger partial charge on any atom is -0.494 e. The van der Waals surface area contributed by atoms with Gasteiger partial charge in [0.25, 0.3) is 0 Å². The Hall–Kier alpha value is -3.40. The summed E-state index contributed by atoms with van der Waals surface area (Å²) in [7, 11) is 3.46. The lowest BCUT2D eigenvalue weighted by atomic mass is 9.89. The topological polar surface area (TPSA) is 88.3 Å². The first-order chi connectivity index (χ1) is 18.0. The highest BCUT2D eigenvalue weighted by atomic mass is 16.5. The van der Waals surface area contributed by atoms with Crippen LogP contribution in [0, 0.1) is 0 Å². The van der Waals surface area contributed by atoms with Gasteiger partial charge >= 0.3 is 6.01 Å².